The molecule has 2 heteroatoms. The van der Waals surface area contributed by atoms with Gasteiger partial charge in [-0.25, -0.2) is 0 Å². The van der Waals surface area contributed by atoms with Gasteiger partial charge in [0.1, 0.15) is 0 Å². The van der Waals surface area contributed by atoms with Gasteiger partial charge < -0.3 is 4.74 Å². The molecule has 23 heavy (non-hydrogen) atoms. The van der Waals surface area contributed by atoms with Gasteiger partial charge in [-0.1, -0.05) is 91.9 Å². The van der Waals surface area contributed by atoms with Gasteiger partial charge in [0.2, 0.25) is 0 Å². The topological polar surface area (TPSA) is 26.3 Å². The molecular weight excluding hydrogens is 284 g/mol. The van der Waals surface area contributed by atoms with Crippen molar-refractivity contribution in [3.05, 3.63) is 0 Å². The number of rotatable bonds is 16. The van der Waals surface area contributed by atoms with Crippen LogP contribution in [0, 0.1) is 11.8 Å². The smallest absolute Gasteiger partial charge is 0.308 e. The fraction of sp³-hybridized carbons (Fsp3) is 0.952. The maximum absolute atomic E-state index is 11.9. The lowest BCUT2D eigenvalue weighted by Gasteiger charge is -2.18. The van der Waals surface area contributed by atoms with Crippen LogP contribution in [0.5, 0.6) is 0 Å². The molecule has 0 aliphatic rings. The molecule has 0 fully saturated rings. The molecule has 0 rings (SSSR count). The Labute approximate surface area is 145 Å². The standard InChI is InChI=1S/C21H42O2/c1-5-8-10-12-13-15-17-20(16-14-11-9-6-2)18-23-21(22)19(4)7-3/h19-20H,5-18H2,1-4H3. The van der Waals surface area contributed by atoms with Gasteiger partial charge in [-0.2, -0.15) is 0 Å². The molecule has 0 radical (unpaired) electrons. The number of carbonyl (C=O) groups excluding carboxylic acids is 1. The van der Waals surface area contributed by atoms with Crippen LogP contribution in [0.2, 0.25) is 0 Å². The van der Waals surface area contributed by atoms with E-state index < -0.39 is 0 Å². The summed E-state index contributed by atoms with van der Waals surface area (Å²) in [6.45, 7) is 9.17. The third kappa shape index (κ3) is 13.6. The first-order valence-electron chi connectivity index (χ1n) is 10.3. The molecule has 0 aromatic carbocycles. The van der Waals surface area contributed by atoms with E-state index in [0.29, 0.717) is 12.5 Å². The van der Waals surface area contributed by atoms with Gasteiger partial charge >= 0.3 is 5.97 Å². The van der Waals surface area contributed by atoms with E-state index >= 15 is 0 Å². The number of hydrogen-bond acceptors (Lipinski definition) is 2. The first-order chi connectivity index (χ1) is 11.2. The minimum atomic E-state index is -0.00555. The Hall–Kier alpha value is -0.530. The lowest BCUT2D eigenvalue weighted by molar-refractivity contribution is -0.149. The van der Waals surface area contributed by atoms with Gasteiger partial charge in [0.15, 0.2) is 0 Å². The quantitative estimate of drug-likeness (QED) is 0.227. The zero-order chi connectivity index (χ0) is 17.3. The molecule has 0 bridgehead atoms. The van der Waals surface area contributed by atoms with Crippen molar-refractivity contribution in [2.75, 3.05) is 6.61 Å². The Kier molecular flexibility index (Phi) is 16.0. The maximum atomic E-state index is 11.9. The van der Waals surface area contributed by atoms with E-state index in [-0.39, 0.29) is 11.9 Å². The summed E-state index contributed by atoms with van der Waals surface area (Å²) in [7, 11) is 0. The first-order valence-corrected chi connectivity index (χ1v) is 10.3. The molecule has 0 saturated carbocycles. The van der Waals surface area contributed by atoms with Crippen LogP contribution in [0.4, 0.5) is 0 Å². The molecule has 0 saturated heterocycles. The average Bonchev–Trinajstić information content (AvgIpc) is 2.57. The zero-order valence-electron chi connectivity index (χ0n) is 16.4. The second kappa shape index (κ2) is 16.3. The average molecular weight is 327 g/mol. The molecule has 0 spiro atoms. The molecular formula is C21H42O2. The minimum absolute atomic E-state index is 0.00555. The van der Waals surface area contributed by atoms with E-state index in [1.807, 2.05) is 13.8 Å². The number of unbranched alkanes of at least 4 members (excludes halogenated alkanes) is 8. The summed E-state index contributed by atoms with van der Waals surface area (Å²) in [4.78, 5) is 11.9. The van der Waals surface area contributed by atoms with Crippen LogP contribution in [-0.2, 0) is 9.53 Å². The lowest BCUT2D eigenvalue weighted by atomic mass is 9.95. The van der Waals surface area contributed by atoms with Crippen LogP contribution in [-0.4, -0.2) is 12.6 Å². The van der Waals surface area contributed by atoms with Crippen LogP contribution >= 0.6 is 0 Å². The van der Waals surface area contributed by atoms with Crippen molar-refractivity contribution in [1.29, 1.82) is 0 Å². The van der Waals surface area contributed by atoms with Crippen molar-refractivity contribution < 1.29 is 9.53 Å². The second-order valence-electron chi connectivity index (χ2n) is 7.21. The molecule has 0 heterocycles. The molecule has 0 aromatic rings. The normalized spacial score (nSPS) is 13.7. The van der Waals surface area contributed by atoms with E-state index in [1.54, 1.807) is 0 Å². The van der Waals surface area contributed by atoms with Gasteiger partial charge in [0, 0.05) is 0 Å². The van der Waals surface area contributed by atoms with E-state index in [1.165, 1.54) is 77.0 Å². The molecule has 0 aromatic heterocycles. The highest BCUT2D eigenvalue weighted by molar-refractivity contribution is 5.71. The molecule has 138 valence electrons. The van der Waals surface area contributed by atoms with Crippen LogP contribution in [0.1, 0.15) is 111 Å². The van der Waals surface area contributed by atoms with Gasteiger partial charge in [-0.3, -0.25) is 4.79 Å². The van der Waals surface area contributed by atoms with E-state index in [2.05, 4.69) is 13.8 Å². The fourth-order valence-electron chi connectivity index (χ4n) is 2.89. The van der Waals surface area contributed by atoms with Crippen LogP contribution in [0.15, 0.2) is 0 Å². The summed E-state index contributed by atoms with van der Waals surface area (Å²) in [5.41, 5.74) is 0. The Morgan fingerprint density at radius 1 is 0.783 bits per heavy atom. The maximum Gasteiger partial charge on any atom is 0.308 e. The molecule has 2 atom stereocenters. The zero-order valence-corrected chi connectivity index (χ0v) is 16.4. The molecule has 0 aliphatic carbocycles. The summed E-state index contributed by atoms with van der Waals surface area (Å²) >= 11 is 0. The van der Waals surface area contributed by atoms with Gasteiger partial charge in [-0.05, 0) is 25.2 Å². The van der Waals surface area contributed by atoms with E-state index in [9.17, 15) is 4.79 Å². The van der Waals surface area contributed by atoms with Crippen LogP contribution in [0.3, 0.4) is 0 Å². The largest absolute Gasteiger partial charge is 0.465 e. The Bertz CT molecular complexity index is 263. The highest BCUT2D eigenvalue weighted by Gasteiger charge is 2.15. The Morgan fingerprint density at radius 3 is 1.78 bits per heavy atom. The SMILES string of the molecule is CCCCCCCCC(CCCCCC)COC(=O)C(C)CC. The van der Waals surface area contributed by atoms with Crippen molar-refractivity contribution in [3.63, 3.8) is 0 Å². The van der Waals surface area contributed by atoms with Crippen LogP contribution < -0.4 is 0 Å². The molecule has 2 nitrogen and oxygen atoms in total. The number of esters is 1. The van der Waals surface area contributed by atoms with Gasteiger partial charge in [0.05, 0.1) is 12.5 Å². The Morgan fingerprint density at radius 2 is 1.26 bits per heavy atom. The summed E-state index contributed by atoms with van der Waals surface area (Å²) in [6, 6.07) is 0. The number of carbonyl (C=O) groups is 1. The van der Waals surface area contributed by atoms with Crippen molar-refractivity contribution in [1.82, 2.24) is 0 Å². The first kappa shape index (κ1) is 22.5. The highest BCUT2D eigenvalue weighted by Crippen LogP contribution is 2.20. The minimum Gasteiger partial charge on any atom is -0.465 e. The van der Waals surface area contributed by atoms with Crippen LogP contribution in [0.25, 0.3) is 0 Å². The number of ether oxygens (including phenoxy) is 1. The Balaban J connectivity index is 3.99. The predicted molar refractivity (Wildman–Crippen MR) is 101 cm³/mol. The third-order valence-corrected chi connectivity index (χ3v) is 4.91. The summed E-state index contributed by atoms with van der Waals surface area (Å²) in [5.74, 6) is 0.616. The monoisotopic (exact) mass is 326 g/mol. The molecule has 0 amide bonds. The molecule has 2 unspecified atom stereocenters. The summed E-state index contributed by atoms with van der Waals surface area (Å²) < 4.78 is 5.57. The second-order valence-corrected chi connectivity index (χ2v) is 7.21. The molecule has 0 N–H and O–H groups in total. The molecule has 0 aliphatic heterocycles. The summed E-state index contributed by atoms with van der Waals surface area (Å²) in [5, 5.41) is 0. The fourth-order valence-corrected chi connectivity index (χ4v) is 2.89. The van der Waals surface area contributed by atoms with E-state index in [0.717, 1.165) is 6.42 Å². The van der Waals surface area contributed by atoms with Crippen molar-refractivity contribution in [2.45, 2.75) is 111 Å². The highest BCUT2D eigenvalue weighted by atomic mass is 16.5. The van der Waals surface area contributed by atoms with Crippen molar-refractivity contribution in [2.24, 2.45) is 11.8 Å². The van der Waals surface area contributed by atoms with Crippen molar-refractivity contribution >= 4 is 5.97 Å². The lowest BCUT2D eigenvalue weighted by Crippen LogP contribution is -2.19. The van der Waals surface area contributed by atoms with E-state index in [4.69, 9.17) is 4.74 Å². The van der Waals surface area contributed by atoms with Gasteiger partial charge in [-0.15, -0.1) is 0 Å². The van der Waals surface area contributed by atoms with Crippen molar-refractivity contribution in [3.8, 4) is 0 Å². The predicted octanol–water partition coefficient (Wildman–Crippen LogP) is 6.91. The third-order valence-electron chi connectivity index (χ3n) is 4.91. The summed E-state index contributed by atoms with van der Waals surface area (Å²) in [6.07, 6.45) is 16.6. The van der Waals surface area contributed by atoms with Gasteiger partial charge in [0.25, 0.3) is 0 Å². The number of hydrogen-bond donors (Lipinski definition) is 0.